The molecule has 4 rings (SSSR count). The van der Waals surface area contributed by atoms with Crippen LogP contribution in [0.3, 0.4) is 0 Å². The van der Waals surface area contributed by atoms with Gasteiger partial charge in [0, 0.05) is 29.3 Å². The fraction of sp³-hybridized carbons (Fsp3) is 0.0500. The van der Waals surface area contributed by atoms with Gasteiger partial charge in [0.2, 0.25) is 0 Å². The Balaban J connectivity index is 1.65. The zero-order valence-corrected chi connectivity index (χ0v) is 14.0. The minimum atomic E-state index is -0.379. The van der Waals surface area contributed by atoms with E-state index >= 15 is 0 Å². The highest BCUT2D eigenvalue weighted by molar-refractivity contribution is 6.08. The van der Waals surface area contributed by atoms with Crippen LogP contribution in [0.5, 0.6) is 5.75 Å². The molecule has 2 aromatic carbocycles. The molecule has 4 aromatic rings. The highest BCUT2D eigenvalue weighted by Gasteiger charge is 2.16. The van der Waals surface area contributed by atoms with Crippen LogP contribution in [-0.2, 0) is 0 Å². The Morgan fingerprint density at radius 2 is 1.92 bits per heavy atom. The molecule has 6 heteroatoms. The van der Waals surface area contributed by atoms with Gasteiger partial charge in [0.25, 0.3) is 5.91 Å². The van der Waals surface area contributed by atoms with E-state index in [2.05, 4.69) is 15.5 Å². The lowest BCUT2D eigenvalue weighted by molar-refractivity contribution is 0.101. The molecule has 0 saturated heterocycles. The number of carbonyl (C=O) groups excluding carboxylic acids is 1. The summed E-state index contributed by atoms with van der Waals surface area (Å²) in [5.74, 6) is 0.784. The van der Waals surface area contributed by atoms with Crippen LogP contribution >= 0.6 is 0 Å². The first-order valence-corrected chi connectivity index (χ1v) is 8.01. The molecule has 6 nitrogen and oxygen atoms in total. The Labute approximate surface area is 149 Å². The number of rotatable bonds is 4. The number of aromatic nitrogens is 2. The average Bonchev–Trinajstić information content (AvgIpc) is 3.19. The molecule has 26 heavy (non-hydrogen) atoms. The maximum atomic E-state index is 12.6. The number of nitrogens with one attached hydrogen (secondary N) is 1. The Kier molecular flexibility index (Phi) is 4.07. The summed E-state index contributed by atoms with van der Waals surface area (Å²) in [4.78, 5) is 16.9. The van der Waals surface area contributed by atoms with Crippen LogP contribution < -0.4 is 10.1 Å². The Hall–Kier alpha value is -3.67. The fourth-order valence-corrected chi connectivity index (χ4v) is 2.68. The molecule has 2 aromatic heterocycles. The summed E-state index contributed by atoms with van der Waals surface area (Å²) in [5.41, 5.74) is 2.27. The maximum absolute atomic E-state index is 12.6. The molecule has 0 radical (unpaired) electrons. The predicted octanol–water partition coefficient (Wildman–Crippen LogP) is 4.15. The van der Waals surface area contributed by atoms with E-state index in [-0.39, 0.29) is 11.6 Å². The lowest BCUT2D eigenvalue weighted by Crippen LogP contribution is -2.12. The van der Waals surface area contributed by atoms with E-state index in [0.29, 0.717) is 22.7 Å². The number of hydrogen-bond acceptors (Lipinski definition) is 5. The third-order valence-electron chi connectivity index (χ3n) is 3.96. The molecule has 0 aliphatic carbocycles. The number of pyridine rings is 1. The number of fused-ring (bicyclic) bond motifs is 1. The molecular weight excluding hydrogens is 330 g/mol. The van der Waals surface area contributed by atoms with Crippen LogP contribution in [0.25, 0.3) is 22.2 Å². The molecule has 2 heterocycles. The molecule has 1 N–H and O–H groups in total. The van der Waals surface area contributed by atoms with E-state index in [0.717, 1.165) is 10.9 Å². The summed E-state index contributed by atoms with van der Waals surface area (Å²) in [6, 6.07) is 18.4. The fourth-order valence-electron chi connectivity index (χ4n) is 2.68. The van der Waals surface area contributed by atoms with E-state index in [1.54, 1.807) is 25.4 Å². The van der Waals surface area contributed by atoms with Gasteiger partial charge in [-0.1, -0.05) is 41.6 Å². The summed E-state index contributed by atoms with van der Waals surface area (Å²) in [6.45, 7) is 0. The first-order valence-electron chi connectivity index (χ1n) is 8.01. The van der Waals surface area contributed by atoms with Crippen molar-refractivity contribution in [2.24, 2.45) is 0 Å². The van der Waals surface area contributed by atoms with Gasteiger partial charge in [-0.15, -0.1) is 0 Å². The Morgan fingerprint density at radius 3 is 2.73 bits per heavy atom. The number of ether oxygens (including phenoxy) is 1. The van der Waals surface area contributed by atoms with Crippen LogP contribution in [0.15, 0.2) is 71.4 Å². The van der Waals surface area contributed by atoms with Crippen molar-refractivity contribution in [2.45, 2.75) is 0 Å². The zero-order chi connectivity index (χ0) is 17.9. The van der Waals surface area contributed by atoms with Gasteiger partial charge in [0.15, 0.2) is 11.5 Å². The van der Waals surface area contributed by atoms with Crippen molar-refractivity contribution in [2.75, 3.05) is 12.4 Å². The number of amides is 1. The van der Waals surface area contributed by atoms with Crippen molar-refractivity contribution in [3.63, 3.8) is 0 Å². The van der Waals surface area contributed by atoms with Gasteiger partial charge in [-0.25, -0.2) is 0 Å². The van der Waals surface area contributed by atoms with Crippen LogP contribution in [0.1, 0.15) is 10.5 Å². The van der Waals surface area contributed by atoms with Crippen molar-refractivity contribution in [1.29, 1.82) is 0 Å². The predicted molar refractivity (Wildman–Crippen MR) is 98.2 cm³/mol. The summed E-state index contributed by atoms with van der Waals surface area (Å²) in [5, 5.41) is 7.58. The largest absolute Gasteiger partial charge is 0.497 e. The standard InChI is InChI=1S/C20H15N3O3/c1-25-15-10-14-8-5-9-21-19(14)16(11-15)22-20(24)17-12-18(26-23-17)13-6-3-2-4-7-13/h2-12H,1H3,(H,22,24). The molecule has 0 atom stereocenters. The number of methoxy groups -OCH3 is 1. The minimum absolute atomic E-state index is 0.191. The molecular formula is C20H15N3O3. The average molecular weight is 345 g/mol. The number of carbonyl (C=O) groups is 1. The van der Waals surface area contributed by atoms with Crippen LogP contribution in [-0.4, -0.2) is 23.2 Å². The third-order valence-corrected chi connectivity index (χ3v) is 3.96. The van der Waals surface area contributed by atoms with Gasteiger partial charge in [-0.05, 0) is 12.1 Å². The van der Waals surface area contributed by atoms with E-state index in [4.69, 9.17) is 9.26 Å². The van der Waals surface area contributed by atoms with Gasteiger partial charge in [-0.2, -0.15) is 0 Å². The smallest absolute Gasteiger partial charge is 0.277 e. The number of benzene rings is 2. The Morgan fingerprint density at radius 1 is 1.08 bits per heavy atom. The van der Waals surface area contributed by atoms with Gasteiger partial charge in [0.1, 0.15) is 5.75 Å². The number of nitrogens with zero attached hydrogens (tertiary/aromatic N) is 2. The molecule has 0 saturated carbocycles. The van der Waals surface area contributed by atoms with Gasteiger partial charge in [0.05, 0.1) is 18.3 Å². The lowest BCUT2D eigenvalue weighted by Gasteiger charge is -2.09. The first-order chi connectivity index (χ1) is 12.7. The van der Waals surface area contributed by atoms with E-state index in [1.165, 1.54) is 0 Å². The summed E-state index contributed by atoms with van der Waals surface area (Å²) >= 11 is 0. The van der Waals surface area contributed by atoms with Crippen molar-refractivity contribution < 1.29 is 14.1 Å². The van der Waals surface area contributed by atoms with Crippen molar-refractivity contribution in [1.82, 2.24) is 10.1 Å². The molecule has 0 aliphatic rings. The minimum Gasteiger partial charge on any atom is -0.497 e. The highest BCUT2D eigenvalue weighted by atomic mass is 16.5. The van der Waals surface area contributed by atoms with E-state index in [1.807, 2.05) is 48.5 Å². The molecule has 128 valence electrons. The van der Waals surface area contributed by atoms with Crippen LogP contribution in [0, 0.1) is 0 Å². The molecule has 0 unspecified atom stereocenters. The topological polar surface area (TPSA) is 77.2 Å². The van der Waals surface area contributed by atoms with E-state index < -0.39 is 0 Å². The SMILES string of the molecule is COc1cc(NC(=O)c2cc(-c3ccccc3)on2)c2ncccc2c1. The molecule has 0 aliphatic heterocycles. The van der Waals surface area contributed by atoms with Crippen molar-refractivity contribution in [3.05, 3.63) is 72.6 Å². The monoisotopic (exact) mass is 345 g/mol. The molecule has 0 bridgehead atoms. The van der Waals surface area contributed by atoms with Gasteiger partial charge >= 0.3 is 0 Å². The lowest BCUT2D eigenvalue weighted by atomic mass is 10.1. The van der Waals surface area contributed by atoms with Crippen molar-refractivity contribution in [3.8, 4) is 17.1 Å². The third kappa shape index (κ3) is 3.00. The summed E-state index contributed by atoms with van der Waals surface area (Å²) in [7, 11) is 1.58. The normalized spacial score (nSPS) is 10.7. The highest BCUT2D eigenvalue weighted by Crippen LogP contribution is 2.28. The number of hydrogen-bond donors (Lipinski definition) is 1. The zero-order valence-electron chi connectivity index (χ0n) is 14.0. The summed E-state index contributed by atoms with van der Waals surface area (Å²) < 4.78 is 10.6. The maximum Gasteiger partial charge on any atom is 0.277 e. The molecule has 0 fully saturated rings. The first kappa shape index (κ1) is 15.8. The Bertz CT molecular complexity index is 1070. The second-order valence-electron chi connectivity index (χ2n) is 5.65. The molecule has 1 amide bonds. The van der Waals surface area contributed by atoms with Gasteiger partial charge in [-0.3, -0.25) is 9.78 Å². The second-order valence-corrected chi connectivity index (χ2v) is 5.65. The van der Waals surface area contributed by atoms with Crippen LogP contribution in [0.4, 0.5) is 5.69 Å². The van der Waals surface area contributed by atoms with Gasteiger partial charge < -0.3 is 14.6 Å². The van der Waals surface area contributed by atoms with Crippen molar-refractivity contribution >= 4 is 22.5 Å². The quantitative estimate of drug-likeness (QED) is 0.601. The number of anilines is 1. The summed E-state index contributed by atoms with van der Waals surface area (Å²) in [6.07, 6.45) is 1.67. The molecule has 0 spiro atoms. The van der Waals surface area contributed by atoms with E-state index in [9.17, 15) is 4.79 Å². The van der Waals surface area contributed by atoms with Crippen LogP contribution in [0.2, 0.25) is 0 Å². The second kappa shape index (κ2) is 6.68.